The van der Waals surface area contributed by atoms with Crippen LogP contribution in [0.5, 0.6) is 0 Å². The first-order valence-electron chi connectivity index (χ1n) is 5.94. The Bertz CT molecular complexity index is 523. The maximum Gasteiger partial charge on any atom is 0.161 e. The van der Waals surface area contributed by atoms with Gasteiger partial charge in [-0.1, -0.05) is 13.0 Å². The van der Waals surface area contributed by atoms with Crippen molar-refractivity contribution in [3.05, 3.63) is 29.6 Å². The molecule has 0 aliphatic rings. The smallest absolute Gasteiger partial charge is 0.161 e. The van der Waals surface area contributed by atoms with Gasteiger partial charge in [-0.05, 0) is 41.5 Å². The quantitative estimate of drug-likeness (QED) is 0.662. The molecule has 2 aromatic rings. The van der Waals surface area contributed by atoms with Gasteiger partial charge in [0.2, 0.25) is 0 Å². The van der Waals surface area contributed by atoms with Crippen molar-refractivity contribution in [3.8, 4) is 0 Å². The van der Waals surface area contributed by atoms with E-state index in [1.807, 2.05) is 22.9 Å². The largest absolute Gasteiger partial charge is 0.399 e. The van der Waals surface area contributed by atoms with Gasteiger partial charge in [-0.3, -0.25) is 0 Å². The Morgan fingerprint density at radius 1 is 1.39 bits per heavy atom. The number of rotatable bonds is 5. The summed E-state index contributed by atoms with van der Waals surface area (Å²) in [6.45, 7) is 5.05. The van der Waals surface area contributed by atoms with E-state index in [1.54, 1.807) is 11.8 Å². The third-order valence-corrected chi connectivity index (χ3v) is 3.76. The summed E-state index contributed by atoms with van der Waals surface area (Å²) in [5.41, 5.74) is 7.81. The maximum absolute atomic E-state index is 5.80. The summed E-state index contributed by atoms with van der Waals surface area (Å²) in [5, 5.41) is 11.7. The Morgan fingerprint density at radius 2 is 2.22 bits per heavy atom. The fourth-order valence-corrected chi connectivity index (χ4v) is 2.63. The van der Waals surface area contributed by atoms with Crippen LogP contribution in [0.1, 0.15) is 24.7 Å². The summed E-state index contributed by atoms with van der Waals surface area (Å²) in [4.78, 5) is 1.18. The van der Waals surface area contributed by atoms with Crippen molar-refractivity contribution in [3.63, 3.8) is 0 Å². The van der Waals surface area contributed by atoms with Crippen LogP contribution in [-0.4, -0.2) is 20.2 Å². The van der Waals surface area contributed by atoms with Gasteiger partial charge < -0.3 is 5.73 Å². The number of nitrogens with zero attached hydrogens (tertiary/aromatic N) is 4. The molecule has 2 N–H and O–H groups in total. The zero-order valence-electron chi connectivity index (χ0n) is 10.6. The fourth-order valence-electron chi connectivity index (χ4n) is 1.63. The van der Waals surface area contributed by atoms with Crippen LogP contribution in [0.4, 0.5) is 5.69 Å². The number of anilines is 1. The predicted octanol–water partition coefficient (Wildman–Crippen LogP) is 2.27. The second-order valence-electron chi connectivity index (χ2n) is 4.13. The Balaban J connectivity index is 2.06. The lowest BCUT2D eigenvalue weighted by atomic mass is 10.2. The van der Waals surface area contributed by atoms with E-state index in [2.05, 4.69) is 29.4 Å². The van der Waals surface area contributed by atoms with Crippen LogP contribution in [-0.2, 0) is 12.3 Å². The number of aryl methyl sites for hydroxylation is 2. The first-order chi connectivity index (χ1) is 8.70. The first-order valence-corrected chi connectivity index (χ1v) is 6.93. The zero-order chi connectivity index (χ0) is 13.0. The van der Waals surface area contributed by atoms with Crippen LogP contribution in [0, 0.1) is 6.92 Å². The van der Waals surface area contributed by atoms with E-state index < -0.39 is 0 Å². The van der Waals surface area contributed by atoms with E-state index in [-0.39, 0.29) is 0 Å². The van der Waals surface area contributed by atoms with Crippen molar-refractivity contribution < 1.29 is 0 Å². The van der Waals surface area contributed by atoms with Gasteiger partial charge in [0.1, 0.15) is 0 Å². The zero-order valence-corrected chi connectivity index (χ0v) is 11.4. The average molecular weight is 263 g/mol. The summed E-state index contributed by atoms with van der Waals surface area (Å²) in [6, 6.07) is 5.95. The molecule has 6 heteroatoms. The van der Waals surface area contributed by atoms with Gasteiger partial charge in [0.25, 0.3) is 0 Å². The van der Waals surface area contributed by atoms with Gasteiger partial charge >= 0.3 is 0 Å². The van der Waals surface area contributed by atoms with E-state index in [0.29, 0.717) is 0 Å². The van der Waals surface area contributed by atoms with Gasteiger partial charge in [0, 0.05) is 17.1 Å². The van der Waals surface area contributed by atoms with Crippen molar-refractivity contribution in [2.45, 2.75) is 37.5 Å². The normalized spacial score (nSPS) is 10.8. The number of benzene rings is 1. The SMILES string of the molecule is CCCn1nnnc1CSc1cc(N)ccc1C. The number of nitrogen functional groups attached to an aromatic ring is 1. The molecule has 1 aromatic heterocycles. The molecule has 0 atom stereocenters. The molecule has 18 heavy (non-hydrogen) atoms. The molecule has 0 unspecified atom stereocenters. The standard InChI is InChI=1S/C12H17N5S/c1-3-6-17-12(14-15-16-17)8-18-11-7-10(13)5-4-9(11)2/h4-5,7H,3,6,8,13H2,1-2H3. The molecule has 1 aromatic carbocycles. The van der Waals surface area contributed by atoms with Crippen LogP contribution in [0.3, 0.4) is 0 Å². The van der Waals surface area contributed by atoms with E-state index in [4.69, 9.17) is 5.73 Å². The van der Waals surface area contributed by atoms with E-state index in [0.717, 1.165) is 30.2 Å². The average Bonchev–Trinajstić information content (AvgIpc) is 2.78. The van der Waals surface area contributed by atoms with Crippen molar-refractivity contribution in [2.24, 2.45) is 0 Å². The number of aromatic nitrogens is 4. The Morgan fingerprint density at radius 3 is 3.00 bits per heavy atom. The molecule has 0 bridgehead atoms. The molecule has 0 aliphatic heterocycles. The van der Waals surface area contributed by atoms with Gasteiger partial charge in [-0.2, -0.15) is 0 Å². The van der Waals surface area contributed by atoms with Gasteiger partial charge in [-0.25, -0.2) is 4.68 Å². The monoisotopic (exact) mass is 263 g/mol. The van der Waals surface area contributed by atoms with E-state index in [9.17, 15) is 0 Å². The molecule has 0 saturated carbocycles. The van der Waals surface area contributed by atoms with Crippen LogP contribution in [0.2, 0.25) is 0 Å². The lowest BCUT2D eigenvalue weighted by Crippen LogP contribution is -2.04. The van der Waals surface area contributed by atoms with Crippen LogP contribution in [0.25, 0.3) is 0 Å². The lowest BCUT2D eigenvalue weighted by Gasteiger charge is -2.06. The van der Waals surface area contributed by atoms with Crippen molar-refractivity contribution in [1.82, 2.24) is 20.2 Å². The molecule has 0 amide bonds. The second kappa shape index (κ2) is 5.86. The minimum atomic E-state index is 0.761. The number of tetrazole rings is 1. The third kappa shape index (κ3) is 3.01. The summed E-state index contributed by atoms with van der Waals surface area (Å²) >= 11 is 1.72. The second-order valence-corrected chi connectivity index (χ2v) is 5.15. The van der Waals surface area contributed by atoms with Gasteiger partial charge in [0.05, 0.1) is 5.75 Å². The molecule has 0 saturated heterocycles. The number of thioether (sulfide) groups is 1. The molecule has 5 nitrogen and oxygen atoms in total. The molecular formula is C12H17N5S. The summed E-state index contributed by atoms with van der Waals surface area (Å²) < 4.78 is 1.86. The molecule has 0 fully saturated rings. The Kier molecular flexibility index (Phi) is 4.19. The molecule has 0 spiro atoms. The number of nitrogens with two attached hydrogens (primary N) is 1. The first kappa shape index (κ1) is 12.9. The summed E-state index contributed by atoms with van der Waals surface area (Å²) in [6.07, 6.45) is 1.03. The van der Waals surface area contributed by atoms with E-state index >= 15 is 0 Å². The molecule has 96 valence electrons. The Hall–Kier alpha value is -1.56. The van der Waals surface area contributed by atoms with Crippen molar-refractivity contribution in [1.29, 1.82) is 0 Å². The highest BCUT2D eigenvalue weighted by atomic mass is 32.2. The topological polar surface area (TPSA) is 69.6 Å². The highest BCUT2D eigenvalue weighted by Gasteiger charge is 2.07. The highest BCUT2D eigenvalue weighted by molar-refractivity contribution is 7.98. The van der Waals surface area contributed by atoms with Crippen LogP contribution < -0.4 is 5.73 Å². The third-order valence-electron chi connectivity index (χ3n) is 2.61. The molecule has 0 aliphatic carbocycles. The van der Waals surface area contributed by atoms with Crippen LogP contribution in [0.15, 0.2) is 23.1 Å². The maximum atomic E-state index is 5.80. The van der Waals surface area contributed by atoms with Crippen molar-refractivity contribution in [2.75, 3.05) is 5.73 Å². The summed E-state index contributed by atoms with van der Waals surface area (Å²) in [5.74, 6) is 1.67. The van der Waals surface area contributed by atoms with E-state index in [1.165, 1.54) is 10.5 Å². The number of hydrogen-bond donors (Lipinski definition) is 1. The fraction of sp³-hybridized carbons (Fsp3) is 0.417. The Labute approximate surface area is 111 Å². The van der Waals surface area contributed by atoms with Crippen molar-refractivity contribution >= 4 is 17.4 Å². The molecule has 2 rings (SSSR count). The van der Waals surface area contributed by atoms with Crippen LogP contribution >= 0.6 is 11.8 Å². The lowest BCUT2D eigenvalue weighted by molar-refractivity contribution is 0.564. The highest BCUT2D eigenvalue weighted by Crippen LogP contribution is 2.27. The van der Waals surface area contributed by atoms with Gasteiger partial charge in [0.15, 0.2) is 5.82 Å². The minimum absolute atomic E-state index is 0.761. The summed E-state index contributed by atoms with van der Waals surface area (Å²) in [7, 11) is 0. The molecule has 0 radical (unpaired) electrons. The number of hydrogen-bond acceptors (Lipinski definition) is 5. The molecular weight excluding hydrogens is 246 g/mol. The van der Waals surface area contributed by atoms with Gasteiger partial charge in [-0.15, -0.1) is 16.9 Å². The predicted molar refractivity (Wildman–Crippen MR) is 73.3 cm³/mol. The molecule has 1 heterocycles. The minimum Gasteiger partial charge on any atom is -0.399 e.